The molecular formula is C8H11N3O3S. The molecule has 6 nitrogen and oxygen atoms in total. The number of thiazole rings is 1. The molecule has 0 fully saturated rings. The van der Waals surface area contributed by atoms with Crippen molar-refractivity contribution in [1.29, 1.82) is 0 Å². The predicted molar refractivity (Wildman–Crippen MR) is 55.6 cm³/mol. The number of aromatic nitrogens is 1. The lowest BCUT2D eigenvalue weighted by atomic mass is 10.1. The number of amides is 1. The number of rotatable bonds is 5. The fourth-order valence-electron chi connectivity index (χ4n) is 0.877. The molecule has 0 bridgehead atoms. The van der Waals surface area contributed by atoms with Crippen molar-refractivity contribution >= 4 is 28.3 Å². The summed E-state index contributed by atoms with van der Waals surface area (Å²) >= 11 is 1.30. The number of nitrogens with two attached hydrogens (primary N) is 1. The zero-order chi connectivity index (χ0) is 11.3. The molecule has 1 atom stereocenters. The molecule has 1 aromatic rings. The van der Waals surface area contributed by atoms with Gasteiger partial charge in [0.25, 0.3) is 0 Å². The van der Waals surface area contributed by atoms with E-state index in [4.69, 9.17) is 10.8 Å². The van der Waals surface area contributed by atoms with Crippen molar-refractivity contribution in [3.63, 3.8) is 0 Å². The Labute approximate surface area is 90.1 Å². The molecule has 0 spiro atoms. The van der Waals surface area contributed by atoms with E-state index in [1.807, 2.05) is 0 Å². The topological polar surface area (TPSA) is 105 Å². The summed E-state index contributed by atoms with van der Waals surface area (Å²) in [4.78, 5) is 25.5. The van der Waals surface area contributed by atoms with Crippen LogP contribution in [-0.4, -0.2) is 28.0 Å². The van der Waals surface area contributed by atoms with Crippen molar-refractivity contribution in [3.05, 3.63) is 11.6 Å². The van der Waals surface area contributed by atoms with E-state index in [0.717, 1.165) is 0 Å². The fraction of sp³-hybridized carbons (Fsp3) is 0.375. The Kier molecular flexibility index (Phi) is 4.19. The minimum Gasteiger partial charge on any atom is -0.480 e. The molecule has 82 valence electrons. The van der Waals surface area contributed by atoms with Crippen LogP contribution in [0.1, 0.15) is 12.8 Å². The van der Waals surface area contributed by atoms with Crippen LogP contribution in [0.5, 0.6) is 0 Å². The van der Waals surface area contributed by atoms with Gasteiger partial charge in [-0.3, -0.25) is 9.59 Å². The van der Waals surface area contributed by atoms with Crippen molar-refractivity contribution in [3.8, 4) is 0 Å². The first kappa shape index (κ1) is 11.6. The third-order valence-electron chi connectivity index (χ3n) is 1.68. The minimum atomic E-state index is -1.10. The highest BCUT2D eigenvalue weighted by Gasteiger charge is 2.13. The highest BCUT2D eigenvalue weighted by Crippen LogP contribution is 2.10. The Hall–Kier alpha value is -1.47. The molecule has 7 heteroatoms. The molecule has 1 aromatic heterocycles. The monoisotopic (exact) mass is 229 g/mol. The van der Waals surface area contributed by atoms with E-state index in [-0.39, 0.29) is 18.7 Å². The molecule has 0 radical (unpaired) electrons. The van der Waals surface area contributed by atoms with Gasteiger partial charge in [0.05, 0.1) is 0 Å². The van der Waals surface area contributed by atoms with Gasteiger partial charge in [0, 0.05) is 18.0 Å². The molecule has 15 heavy (non-hydrogen) atoms. The molecule has 0 aliphatic rings. The van der Waals surface area contributed by atoms with Crippen LogP contribution in [0.4, 0.5) is 5.13 Å². The van der Waals surface area contributed by atoms with E-state index < -0.39 is 12.0 Å². The van der Waals surface area contributed by atoms with Gasteiger partial charge in [-0.2, -0.15) is 0 Å². The van der Waals surface area contributed by atoms with E-state index in [9.17, 15) is 9.59 Å². The van der Waals surface area contributed by atoms with Crippen LogP contribution >= 0.6 is 11.3 Å². The molecule has 0 unspecified atom stereocenters. The summed E-state index contributed by atoms with van der Waals surface area (Å²) in [6, 6.07) is -0.993. The largest absolute Gasteiger partial charge is 0.480 e. The summed E-state index contributed by atoms with van der Waals surface area (Å²) in [7, 11) is 0. The Morgan fingerprint density at radius 3 is 2.93 bits per heavy atom. The zero-order valence-corrected chi connectivity index (χ0v) is 8.66. The summed E-state index contributed by atoms with van der Waals surface area (Å²) in [5.74, 6) is -1.38. The van der Waals surface area contributed by atoms with Crippen LogP contribution in [0.2, 0.25) is 0 Å². The van der Waals surface area contributed by atoms with E-state index in [1.165, 1.54) is 11.3 Å². The maximum atomic E-state index is 11.2. The summed E-state index contributed by atoms with van der Waals surface area (Å²) < 4.78 is 0. The van der Waals surface area contributed by atoms with E-state index in [1.54, 1.807) is 11.6 Å². The van der Waals surface area contributed by atoms with Gasteiger partial charge in [0.1, 0.15) is 6.04 Å². The van der Waals surface area contributed by atoms with E-state index in [0.29, 0.717) is 5.13 Å². The second kappa shape index (κ2) is 5.42. The van der Waals surface area contributed by atoms with Gasteiger partial charge in [-0.25, -0.2) is 4.98 Å². The molecule has 0 aromatic carbocycles. The zero-order valence-electron chi connectivity index (χ0n) is 7.84. The van der Waals surface area contributed by atoms with Crippen LogP contribution < -0.4 is 11.1 Å². The average Bonchev–Trinajstić information content (AvgIpc) is 2.66. The van der Waals surface area contributed by atoms with Crippen molar-refractivity contribution < 1.29 is 14.7 Å². The first-order valence-corrected chi connectivity index (χ1v) is 5.15. The third-order valence-corrected chi connectivity index (χ3v) is 2.37. The first-order chi connectivity index (χ1) is 7.09. The molecule has 1 rings (SSSR count). The molecule has 0 aliphatic heterocycles. The number of hydrogen-bond acceptors (Lipinski definition) is 5. The van der Waals surface area contributed by atoms with Crippen LogP contribution in [-0.2, 0) is 9.59 Å². The number of carbonyl (C=O) groups is 2. The molecular weight excluding hydrogens is 218 g/mol. The maximum absolute atomic E-state index is 11.2. The average molecular weight is 229 g/mol. The summed E-state index contributed by atoms with van der Waals surface area (Å²) in [5.41, 5.74) is 5.25. The highest BCUT2D eigenvalue weighted by molar-refractivity contribution is 7.13. The lowest BCUT2D eigenvalue weighted by Gasteiger charge is -2.05. The predicted octanol–water partition coefficient (Wildman–Crippen LogP) is 0.274. The third kappa shape index (κ3) is 4.05. The van der Waals surface area contributed by atoms with Crippen molar-refractivity contribution in [2.24, 2.45) is 5.73 Å². The number of carboxylic acids is 1. The SMILES string of the molecule is N[C@@H](CCC(=O)Nc1nccs1)C(=O)O. The Bertz CT molecular complexity index is 339. The molecule has 1 amide bonds. The van der Waals surface area contributed by atoms with Crippen LogP contribution in [0.3, 0.4) is 0 Å². The second-order valence-corrected chi connectivity index (χ2v) is 3.76. The number of carbonyl (C=O) groups excluding carboxylic acids is 1. The number of aliphatic carboxylic acids is 1. The van der Waals surface area contributed by atoms with Crippen molar-refractivity contribution in [2.45, 2.75) is 18.9 Å². The summed E-state index contributed by atoms with van der Waals surface area (Å²) in [6.45, 7) is 0. The van der Waals surface area contributed by atoms with Crippen LogP contribution in [0.15, 0.2) is 11.6 Å². The summed E-state index contributed by atoms with van der Waals surface area (Å²) in [6.07, 6.45) is 1.77. The van der Waals surface area contributed by atoms with Gasteiger partial charge in [0.2, 0.25) is 5.91 Å². The minimum absolute atomic E-state index is 0.0764. The van der Waals surface area contributed by atoms with Gasteiger partial charge < -0.3 is 16.2 Å². The Morgan fingerprint density at radius 2 is 2.40 bits per heavy atom. The van der Waals surface area contributed by atoms with Crippen LogP contribution in [0, 0.1) is 0 Å². The van der Waals surface area contributed by atoms with Crippen molar-refractivity contribution in [2.75, 3.05) is 5.32 Å². The molecule has 0 saturated carbocycles. The summed E-state index contributed by atoms with van der Waals surface area (Å²) in [5, 5.41) is 13.3. The van der Waals surface area contributed by atoms with Crippen molar-refractivity contribution in [1.82, 2.24) is 4.98 Å². The number of hydrogen-bond donors (Lipinski definition) is 3. The lowest BCUT2D eigenvalue weighted by molar-refractivity contribution is -0.138. The van der Waals surface area contributed by atoms with Gasteiger partial charge >= 0.3 is 5.97 Å². The number of carboxylic acid groups (broad SMARTS) is 1. The number of nitrogens with one attached hydrogen (secondary N) is 1. The van der Waals surface area contributed by atoms with E-state index >= 15 is 0 Å². The molecule has 4 N–H and O–H groups in total. The fourth-order valence-corrected chi connectivity index (χ4v) is 1.42. The number of anilines is 1. The molecule has 0 saturated heterocycles. The van der Waals surface area contributed by atoms with Gasteiger partial charge in [-0.15, -0.1) is 11.3 Å². The van der Waals surface area contributed by atoms with Gasteiger partial charge in [-0.05, 0) is 6.42 Å². The van der Waals surface area contributed by atoms with Gasteiger partial charge in [0.15, 0.2) is 5.13 Å². The van der Waals surface area contributed by atoms with E-state index in [2.05, 4.69) is 10.3 Å². The number of nitrogens with zero attached hydrogens (tertiary/aromatic N) is 1. The first-order valence-electron chi connectivity index (χ1n) is 4.27. The quantitative estimate of drug-likeness (QED) is 0.672. The molecule has 1 heterocycles. The molecule has 0 aliphatic carbocycles. The standard InChI is InChI=1S/C8H11N3O3S/c9-5(7(13)14)1-2-6(12)11-8-10-3-4-15-8/h3-5H,1-2,9H2,(H,13,14)(H,10,11,12)/t5-/m0/s1. The lowest BCUT2D eigenvalue weighted by Crippen LogP contribution is -2.31. The Morgan fingerprint density at radius 1 is 1.67 bits per heavy atom. The highest BCUT2D eigenvalue weighted by atomic mass is 32.1. The Balaban J connectivity index is 2.28. The maximum Gasteiger partial charge on any atom is 0.320 e. The smallest absolute Gasteiger partial charge is 0.320 e. The van der Waals surface area contributed by atoms with Crippen LogP contribution in [0.25, 0.3) is 0 Å². The normalized spacial score (nSPS) is 12.1. The van der Waals surface area contributed by atoms with Gasteiger partial charge in [-0.1, -0.05) is 0 Å². The second-order valence-electron chi connectivity index (χ2n) is 2.87.